The Kier molecular flexibility index (Phi) is 4.04. The van der Waals surface area contributed by atoms with Crippen molar-refractivity contribution in [1.82, 2.24) is 10.1 Å². The van der Waals surface area contributed by atoms with Gasteiger partial charge < -0.3 is 4.52 Å². The van der Waals surface area contributed by atoms with E-state index in [9.17, 15) is 13.2 Å². The molecule has 0 N–H and O–H groups in total. The fourth-order valence-corrected chi connectivity index (χ4v) is 2.44. The first-order valence-corrected chi connectivity index (χ1v) is 7.07. The molecule has 0 amide bonds. The molecule has 0 atom stereocenters. The first-order chi connectivity index (χ1) is 10.8. The largest absolute Gasteiger partial charge is 0.416 e. The van der Waals surface area contributed by atoms with Crippen LogP contribution in [-0.4, -0.2) is 10.1 Å². The van der Waals surface area contributed by atoms with Gasteiger partial charge in [-0.25, -0.2) is 0 Å². The predicted molar refractivity (Wildman–Crippen MR) is 80.2 cm³/mol. The molecule has 0 saturated heterocycles. The molecule has 23 heavy (non-hydrogen) atoms. The van der Waals surface area contributed by atoms with Crippen LogP contribution in [0.2, 0.25) is 10.0 Å². The molecule has 0 spiro atoms. The van der Waals surface area contributed by atoms with Crippen LogP contribution >= 0.6 is 23.2 Å². The van der Waals surface area contributed by atoms with Crippen LogP contribution in [0.15, 0.2) is 47.0 Å². The first kappa shape index (κ1) is 15.8. The topological polar surface area (TPSA) is 38.9 Å². The van der Waals surface area contributed by atoms with Gasteiger partial charge in [-0.05, 0) is 36.4 Å². The minimum Gasteiger partial charge on any atom is -0.334 e. The lowest BCUT2D eigenvalue weighted by molar-refractivity contribution is -0.137. The normalized spacial score (nSPS) is 11.7. The second-order valence-corrected chi connectivity index (χ2v) is 5.47. The number of hydrogen-bond acceptors (Lipinski definition) is 3. The summed E-state index contributed by atoms with van der Waals surface area (Å²) in [6, 6.07) is 9.36. The average molecular weight is 359 g/mol. The van der Waals surface area contributed by atoms with E-state index in [4.69, 9.17) is 27.7 Å². The van der Waals surface area contributed by atoms with Crippen molar-refractivity contribution in [2.45, 2.75) is 6.18 Å². The smallest absolute Gasteiger partial charge is 0.334 e. The Morgan fingerprint density at radius 1 is 1.00 bits per heavy atom. The zero-order chi connectivity index (χ0) is 16.6. The summed E-state index contributed by atoms with van der Waals surface area (Å²) in [6.07, 6.45) is -4.45. The molecule has 0 saturated carbocycles. The molecule has 0 aliphatic rings. The van der Waals surface area contributed by atoms with Crippen LogP contribution < -0.4 is 0 Å². The summed E-state index contributed by atoms with van der Waals surface area (Å²) in [5.74, 6) is 0.135. The van der Waals surface area contributed by atoms with E-state index in [1.807, 2.05) is 0 Å². The summed E-state index contributed by atoms with van der Waals surface area (Å²) in [7, 11) is 0. The lowest BCUT2D eigenvalue weighted by atomic mass is 10.1. The van der Waals surface area contributed by atoms with Crippen LogP contribution in [0.5, 0.6) is 0 Å². The monoisotopic (exact) mass is 358 g/mol. The standard InChI is InChI=1S/C15H7Cl2F3N2O/c16-10-4-5-11(12(17)7-10)13-21-14(23-22-13)8-2-1-3-9(6-8)15(18,19)20/h1-7H. The van der Waals surface area contributed by atoms with Gasteiger partial charge in [-0.15, -0.1) is 0 Å². The Bertz CT molecular complexity index is 862. The minimum atomic E-state index is -4.45. The molecule has 118 valence electrons. The minimum absolute atomic E-state index is 0.0304. The Labute approximate surface area is 138 Å². The molecular formula is C15H7Cl2F3N2O. The van der Waals surface area contributed by atoms with E-state index in [0.717, 1.165) is 12.1 Å². The van der Waals surface area contributed by atoms with Gasteiger partial charge in [-0.1, -0.05) is 34.4 Å². The maximum atomic E-state index is 12.7. The van der Waals surface area contributed by atoms with Crippen LogP contribution in [0.1, 0.15) is 5.56 Å². The van der Waals surface area contributed by atoms with E-state index in [1.54, 1.807) is 12.1 Å². The molecule has 0 unspecified atom stereocenters. The first-order valence-electron chi connectivity index (χ1n) is 6.31. The van der Waals surface area contributed by atoms with Crippen molar-refractivity contribution in [3.63, 3.8) is 0 Å². The van der Waals surface area contributed by atoms with E-state index in [-0.39, 0.29) is 17.3 Å². The fourth-order valence-electron chi connectivity index (χ4n) is 1.95. The molecule has 2 aromatic carbocycles. The van der Waals surface area contributed by atoms with E-state index >= 15 is 0 Å². The Morgan fingerprint density at radius 2 is 1.78 bits per heavy atom. The zero-order valence-electron chi connectivity index (χ0n) is 11.2. The van der Waals surface area contributed by atoms with E-state index < -0.39 is 11.7 Å². The van der Waals surface area contributed by atoms with Crippen molar-refractivity contribution < 1.29 is 17.7 Å². The molecule has 0 fully saturated rings. The van der Waals surface area contributed by atoms with Crippen molar-refractivity contribution in [2.75, 3.05) is 0 Å². The molecule has 0 bridgehead atoms. The van der Waals surface area contributed by atoms with Gasteiger partial charge >= 0.3 is 6.18 Å². The van der Waals surface area contributed by atoms with Crippen LogP contribution in [0.25, 0.3) is 22.8 Å². The maximum Gasteiger partial charge on any atom is 0.416 e. The number of rotatable bonds is 2. The second kappa shape index (κ2) is 5.86. The SMILES string of the molecule is FC(F)(F)c1cccc(-c2nc(-c3ccc(Cl)cc3Cl)no2)c1. The quantitative estimate of drug-likeness (QED) is 0.587. The number of benzene rings is 2. The number of hydrogen-bond donors (Lipinski definition) is 0. The van der Waals surface area contributed by atoms with Crippen molar-refractivity contribution >= 4 is 23.2 Å². The molecule has 0 aliphatic carbocycles. The molecule has 3 aromatic rings. The summed E-state index contributed by atoms with van der Waals surface area (Å²) in [4.78, 5) is 4.09. The lowest BCUT2D eigenvalue weighted by Crippen LogP contribution is -2.04. The van der Waals surface area contributed by atoms with Crippen LogP contribution in [-0.2, 0) is 6.18 Å². The summed E-state index contributed by atoms with van der Waals surface area (Å²) in [5.41, 5.74) is -0.152. The Hall–Kier alpha value is -2.05. The van der Waals surface area contributed by atoms with Gasteiger partial charge in [0.15, 0.2) is 0 Å². The highest BCUT2D eigenvalue weighted by atomic mass is 35.5. The molecular weight excluding hydrogens is 352 g/mol. The summed E-state index contributed by atoms with van der Waals surface area (Å²) < 4.78 is 43.3. The van der Waals surface area contributed by atoms with Crippen LogP contribution in [0, 0.1) is 0 Å². The highest BCUT2D eigenvalue weighted by Gasteiger charge is 2.30. The molecule has 8 heteroatoms. The Balaban J connectivity index is 1.99. The van der Waals surface area contributed by atoms with E-state index in [0.29, 0.717) is 15.6 Å². The van der Waals surface area contributed by atoms with Crippen molar-refractivity contribution in [3.8, 4) is 22.8 Å². The maximum absolute atomic E-state index is 12.7. The summed E-state index contributed by atoms with van der Waals surface area (Å²) in [5, 5.41) is 4.51. The van der Waals surface area contributed by atoms with Gasteiger partial charge in [0.2, 0.25) is 5.82 Å². The number of halogens is 5. The molecule has 3 rings (SSSR count). The van der Waals surface area contributed by atoms with Gasteiger partial charge in [0.1, 0.15) is 0 Å². The summed E-state index contributed by atoms with van der Waals surface area (Å²) >= 11 is 11.9. The van der Waals surface area contributed by atoms with Crippen molar-refractivity contribution in [3.05, 3.63) is 58.1 Å². The lowest BCUT2D eigenvalue weighted by Gasteiger charge is -2.06. The predicted octanol–water partition coefficient (Wildman–Crippen LogP) is 5.73. The number of alkyl halides is 3. The highest BCUT2D eigenvalue weighted by molar-refractivity contribution is 6.36. The number of nitrogens with zero attached hydrogens (tertiary/aromatic N) is 2. The van der Waals surface area contributed by atoms with Gasteiger partial charge in [0, 0.05) is 16.1 Å². The molecule has 0 radical (unpaired) electrons. The zero-order valence-corrected chi connectivity index (χ0v) is 12.7. The van der Waals surface area contributed by atoms with Gasteiger partial charge in [0.05, 0.1) is 10.6 Å². The summed E-state index contributed by atoms with van der Waals surface area (Å²) in [6.45, 7) is 0. The van der Waals surface area contributed by atoms with Crippen LogP contribution in [0.4, 0.5) is 13.2 Å². The molecule has 3 nitrogen and oxygen atoms in total. The second-order valence-electron chi connectivity index (χ2n) is 4.63. The highest BCUT2D eigenvalue weighted by Crippen LogP contribution is 2.33. The number of aromatic nitrogens is 2. The van der Waals surface area contributed by atoms with Crippen molar-refractivity contribution in [2.24, 2.45) is 0 Å². The Morgan fingerprint density at radius 3 is 2.48 bits per heavy atom. The third-order valence-corrected chi connectivity index (χ3v) is 3.58. The third kappa shape index (κ3) is 3.33. The molecule has 0 aliphatic heterocycles. The van der Waals surface area contributed by atoms with Crippen LogP contribution in [0.3, 0.4) is 0 Å². The van der Waals surface area contributed by atoms with Crippen molar-refractivity contribution in [1.29, 1.82) is 0 Å². The average Bonchev–Trinajstić information content (AvgIpc) is 2.96. The fraction of sp³-hybridized carbons (Fsp3) is 0.0667. The third-order valence-electron chi connectivity index (χ3n) is 3.03. The van der Waals surface area contributed by atoms with E-state index in [2.05, 4.69) is 10.1 Å². The molecule has 1 aromatic heterocycles. The molecule has 1 heterocycles. The van der Waals surface area contributed by atoms with Gasteiger partial charge in [-0.2, -0.15) is 18.2 Å². The van der Waals surface area contributed by atoms with Gasteiger partial charge in [0.25, 0.3) is 5.89 Å². The van der Waals surface area contributed by atoms with E-state index in [1.165, 1.54) is 18.2 Å². The van der Waals surface area contributed by atoms with Gasteiger partial charge in [-0.3, -0.25) is 0 Å².